The van der Waals surface area contributed by atoms with Gasteiger partial charge in [0.15, 0.2) is 0 Å². The zero-order chi connectivity index (χ0) is 10.0. The van der Waals surface area contributed by atoms with E-state index in [0.29, 0.717) is 0 Å². The van der Waals surface area contributed by atoms with Crippen molar-refractivity contribution < 1.29 is 4.74 Å². The van der Waals surface area contributed by atoms with E-state index in [1.807, 2.05) is 26.0 Å². The first kappa shape index (κ1) is 10.5. The van der Waals surface area contributed by atoms with Crippen LogP contribution in [0.4, 0.5) is 0 Å². The molecule has 0 saturated carbocycles. The van der Waals surface area contributed by atoms with Gasteiger partial charge in [-0.1, -0.05) is 0 Å². The number of nitrogens with two attached hydrogens (primary N) is 1. The lowest BCUT2D eigenvalue weighted by molar-refractivity contribution is 0.411. The van der Waals surface area contributed by atoms with Crippen LogP contribution in [0.5, 0.6) is 5.75 Å². The first-order chi connectivity index (χ1) is 6.06. The first-order valence-electron chi connectivity index (χ1n) is 4.16. The van der Waals surface area contributed by atoms with Gasteiger partial charge in [0.05, 0.1) is 11.6 Å². The lowest BCUT2D eigenvalue weighted by atomic mass is 10.0. The lowest BCUT2D eigenvalue weighted by Crippen LogP contribution is -2.07. The Labute approximate surface area is 87.2 Å². The number of hydrogen-bond acceptors (Lipinski definition) is 2. The van der Waals surface area contributed by atoms with Gasteiger partial charge < -0.3 is 10.5 Å². The SMILES string of the molecule is COc1cc(C(C)N)c(C)cc1Br. The fraction of sp³-hybridized carbons (Fsp3) is 0.400. The molecule has 3 heteroatoms. The third-order valence-electron chi connectivity index (χ3n) is 2.03. The van der Waals surface area contributed by atoms with Crippen molar-refractivity contribution in [2.24, 2.45) is 5.73 Å². The summed E-state index contributed by atoms with van der Waals surface area (Å²) < 4.78 is 6.16. The van der Waals surface area contributed by atoms with E-state index < -0.39 is 0 Å². The third-order valence-corrected chi connectivity index (χ3v) is 2.65. The monoisotopic (exact) mass is 243 g/mol. The van der Waals surface area contributed by atoms with Gasteiger partial charge in [-0.05, 0) is 53.0 Å². The van der Waals surface area contributed by atoms with Crippen molar-refractivity contribution >= 4 is 15.9 Å². The Balaban J connectivity index is 3.22. The van der Waals surface area contributed by atoms with E-state index in [4.69, 9.17) is 10.5 Å². The van der Waals surface area contributed by atoms with Crippen LogP contribution in [-0.4, -0.2) is 7.11 Å². The van der Waals surface area contributed by atoms with Crippen molar-refractivity contribution in [3.05, 3.63) is 27.7 Å². The van der Waals surface area contributed by atoms with Crippen LogP contribution in [0.25, 0.3) is 0 Å². The van der Waals surface area contributed by atoms with Crippen LogP contribution in [0.2, 0.25) is 0 Å². The number of rotatable bonds is 2. The zero-order valence-corrected chi connectivity index (χ0v) is 9.68. The van der Waals surface area contributed by atoms with Crippen LogP contribution < -0.4 is 10.5 Å². The fourth-order valence-electron chi connectivity index (χ4n) is 1.32. The van der Waals surface area contributed by atoms with Gasteiger partial charge in [0.2, 0.25) is 0 Å². The molecule has 0 fully saturated rings. The molecule has 0 radical (unpaired) electrons. The molecule has 0 aromatic heterocycles. The number of halogens is 1. The van der Waals surface area contributed by atoms with Crippen molar-refractivity contribution in [3.63, 3.8) is 0 Å². The molecule has 1 atom stereocenters. The molecule has 0 aliphatic rings. The summed E-state index contributed by atoms with van der Waals surface area (Å²) in [6, 6.07) is 4.05. The molecule has 1 aromatic rings. The number of ether oxygens (including phenoxy) is 1. The van der Waals surface area contributed by atoms with E-state index in [1.165, 1.54) is 5.56 Å². The highest BCUT2D eigenvalue weighted by Crippen LogP contribution is 2.30. The largest absolute Gasteiger partial charge is 0.496 e. The van der Waals surface area contributed by atoms with E-state index in [1.54, 1.807) is 7.11 Å². The van der Waals surface area contributed by atoms with E-state index in [0.717, 1.165) is 15.8 Å². The maximum Gasteiger partial charge on any atom is 0.133 e. The van der Waals surface area contributed by atoms with Gasteiger partial charge in [0.1, 0.15) is 5.75 Å². The van der Waals surface area contributed by atoms with Crippen molar-refractivity contribution in [2.75, 3.05) is 7.11 Å². The minimum atomic E-state index is 0.0435. The molecule has 0 bridgehead atoms. The number of aryl methyl sites for hydroxylation is 1. The van der Waals surface area contributed by atoms with E-state index in [9.17, 15) is 0 Å². The van der Waals surface area contributed by atoms with Crippen LogP contribution >= 0.6 is 15.9 Å². The van der Waals surface area contributed by atoms with Gasteiger partial charge in [0, 0.05) is 6.04 Å². The smallest absolute Gasteiger partial charge is 0.133 e. The normalized spacial score (nSPS) is 12.7. The van der Waals surface area contributed by atoms with Crippen molar-refractivity contribution in [3.8, 4) is 5.75 Å². The summed E-state index contributed by atoms with van der Waals surface area (Å²) in [7, 11) is 1.65. The highest BCUT2D eigenvalue weighted by Gasteiger charge is 2.08. The lowest BCUT2D eigenvalue weighted by Gasteiger charge is -2.12. The van der Waals surface area contributed by atoms with Gasteiger partial charge in [-0.25, -0.2) is 0 Å². The van der Waals surface area contributed by atoms with Crippen molar-refractivity contribution in [2.45, 2.75) is 19.9 Å². The van der Waals surface area contributed by atoms with Gasteiger partial charge in [-0.3, -0.25) is 0 Å². The Hall–Kier alpha value is -0.540. The summed E-state index contributed by atoms with van der Waals surface area (Å²) in [5.41, 5.74) is 8.13. The second-order valence-corrected chi connectivity index (χ2v) is 3.99. The molecule has 1 aromatic carbocycles. The minimum absolute atomic E-state index is 0.0435. The standard InChI is InChI=1S/C10H14BrNO/c1-6-4-9(11)10(13-3)5-8(6)7(2)12/h4-5,7H,12H2,1-3H3. The Morgan fingerprint density at radius 2 is 2.08 bits per heavy atom. The summed E-state index contributed by atoms with van der Waals surface area (Å²) in [6.07, 6.45) is 0. The number of benzene rings is 1. The average molecular weight is 244 g/mol. The molecule has 2 nitrogen and oxygen atoms in total. The predicted octanol–water partition coefficient (Wildman–Crippen LogP) is 2.79. The van der Waals surface area contributed by atoms with Gasteiger partial charge >= 0.3 is 0 Å². The van der Waals surface area contributed by atoms with Crippen LogP contribution in [-0.2, 0) is 0 Å². The van der Waals surface area contributed by atoms with Gasteiger partial charge in [0.25, 0.3) is 0 Å². The number of hydrogen-bond donors (Lipinski definition) is 1. The fourth-order valence-corrected chi connectivity index (χ4v) is 1.94. The molecule has 0 saturated heterocycles. The Bertz CT molecular complexity index is 310. The Morgan fingerprint density at radius 1 is 1.46 bits per heavy atom. The predicted molar refractivity (Wildman–Crippen MR) is 58.0 cm³/mol. The molecule has 0 spiro atoms. The Morgan fingerprint density at radius 3 is 2.54 bits per heavy atom. The highest BCUT2D eigenvalue weighted by atomic mass is 79.9. The van der Waals surface area contributed by atoms with Crippen molar-refractivity contribution in [1.29, 1.82) is 0 Å². The molecule has 2 N–H and O–H groups in total. The van der Waals surface area contributed by atoms with E-state index in [-0.39, 0.29) is 6.04 Å². The topological polar surface area (TPSA) is 35.2 Å². The molecule has 13 heavy (non-hydrogen) atoms. The van der Waals surface area contributed by atoms with E-state index >= 15 is 0 Å². The minimum Gasteiger partial charge on any atom is -0.496 e. The zero-order valence-electron chi connectivity index (χ0n) is 8.10. The molecule has 1 rings (SSSR count). The quantitative estimate of drug-likeness (QED) is 0.868. The summed E-state index contributed by atoms with van der Waals surface area (Å²) in [5, 5.41) is 0. The molecule has 72 valence electrons. The second kappa shape index (κ2) is 4.11. The van der Waals surface area contributed by atoms with Gasteiger partial charge in [-0.2, -0.15) is 0 Å². The summed E-state index contributed by atoms with van der Waals surface area (Å²) in [5.74, 6) is 0.831. The second-order valence-electron chi connectivity index (χ2n) is 3.13. The summed E-state index contributed by atoms with van der Waals surface area (Å²) in [4.78, 5) is 0. The molecular weight excluding hydrogens is 230 g/mol. The van der Waals surface area contributed by atoms with Gasteiger partial charge in [-0.15, -0.1) is 0 Å². The first-order valence-corrected chi connectivity index (χ1v) is 4.95. The van der Waals surface area contributed by atoms with Crippen LogP contribution in [0.3, 0.4) is 0 Å². The Kier molecular flexibility index (Phi) is 3.33. The van der Waals surface area contributed by atoms with Crippen molar-refractivity contribution in [1.82, 2.24) is 0 Å². The van der Waals surface area contributed by atoms with Crippen LogP contribution in [0.15, 0.2) is 16.6 Å². The molecule has 1 unspecified atom stereocenters. The maximum absolute atomic E-state index is 5.82. The van der Waals surface area contributed by atoms with E-state index in [2.05, 4.69) is 15.9 Å². The number of methoxy groups -OCH3 is 1. The maximum atomic E-state index is 5.82. The molecular formula is C10H14BrNO. The summed E-state index contributed by atoms with van der Waals surface area (Å²) >= 11 is 3.42. The highest BCUT2D eigenvalue weighted by molar-refractivity contribution is 9.10. The summed E-state index contributed by atoms with van der Waals surface area (Å²) in [6.45, 7) is 4.01. The molecule has 0 aliphatic heterocycles. The third kappa shape index (κ3) is 2.23. The van der Waals surface area contributed by atoms with Crippen LogP contribution in [0, 0.1) is 6.92 Å². The molecule has 0 amide bonds. The van der Waals surface area contributed by atoms with Crippen LogP contribution in [0.1, 0.15) is 24.1 Å². The average Bonchev–Trinajstić information content (AvgIpc) is 2.03. The molecule has 0 heterocycles. The molecule has 0 aliphatic carbocycles.